The van der Waals surface area contributed by atoms with E-state index in [1.807, 2.05) is 6.07 Å². The van der Waals surface area contributed by atoms with E-state index in [2.05, 4.69) is 24.3 Å². The average molecular weight is 687 g/mol. The van der Waals surface area contributed by atoms with Gasteiger partial charge in [-0.3, -0.25) is 4.79 Å². The molecule has 4 fully saturated rings. The van der Waals surface area contributed by atoms with Gasteiger partial charge >= 0.3 is 12.4 Å². The smallest absolute Gasteiger partial charge is 0.416 e. The maximum absolute atomic E-state index is 14.6. The van der Waals surface area contributed by atoms with Crippen LogP contribution in [0, 0.1) is 11.6 Å². The molecule has 0 aliphatic carbocycles. The molecule has 4 aliphatic heterocycles. The topological polar surface area (TPSA) is 20.3 Å². The Labute approximate surface area is 274 Å². The molecule has 47 heavy (non-hydrogen) atoms. The van der Waals surface area contributed by atoms with Crippen LogP contribution in [0.4, 0.5) is 35.1 Å². The van der Waals surface area contributed by atoms with E-state index in [4.69, 9.17) is 0 Å². The van der Waals surface area contributed by atoms with Gasteiger partial charge in [0.2, 0.25) is 5.91 Å². The molecule has 3 nitrogen and oxygen atoms in total. The number of benzene rings is 3. The molecule has 0 aromatic heterocycles. The third kappa shape index (κ3) is 7.02. The summed E-state index contributed by atoms with van der Waals surface area (Å²) >= 11 is 0. The first kappa shape index (κ1) is 35.1. The lowest BCUT2D eigenvalue weighted by Crippen LogP contribution is -3.00. The fourth-order valence-electron chi connectivity index (χ4n) is 8.00. The van der Waals surface area contributed by atoms with Crippen LogP contribution in [-0.4, -0.2) is 48.0 Å². The maximum Gasteiger partial charge on any atom is 0.416 e. The zero-order valence-electron chi connectivity index (χ0n) is 25.5. The number of piperidine rings is 4. The summed E-state index contributed by atoms with van der Waals surface area (Å²) in [7, 11) is 0. The van der Waals surface area contributed by atoms with Crippen molar-refractivity contribution in [1.29, 1.82) is 0 Å². The van der Waals surface area contributed by atoms with Crippen molar-refractivity contribution in [3.05, 3.63) is 106 Å². The summed E-state index contributed by atoms with van der Waals surface area (Å²) in [5, 5.41) is 0. The Morgan fingerprint density at radius 3 is 1.87 bits per heavy atom. The van der Waals surface area contributed by atoms with Crippen LogP contribution in [0.25, 0.3) is 0 Å². The Bertz CT molecular complexity index is 1550. The summed E-state index contributed by atoms with van der Waals surface area (Å²) < 4.78 is 111. The molecule has 7 rings (SSSR count). The molecule has 0 radical (unpaired) electrons. The molecule has 4 saturated heterocycles. The number of rotatable bonds is 7. The SMILES string of the molecule is O=C1CCC(CC[N+]23CCC(c4ccccc4)(CC2)CC3)(c2ccc(F)c(F)c2)CN1Cc1cc(C(F)(F)F)cc(C(F)(F)F)c1.[Cl-]. The molecule has 0 saturated carbocycles. The molecule has 2 bridgehead atoms. The molecule has 3 aromatic rings. The van der Waals surface area contributed by atoms with Gasteiger partial charge in [0.05, 0.1) is 37.3 Å². The molecular formula is C35H35ClF8N2O. The number of nitrogens with zero attached hydrogens (tertiary/aromatic N) is 2. The minimum atomic E-state index is -5.02. The fourth-order valence-corrected chi connectivity index (χ4v) is 8.00. The summed E-state index contributed by atoms with van der Waals surface area (Å²) in [4.78, 5) is 14.4. The van der Waals surface area contributed by atoms with Crippen LogP contribution in [0.15, 0.2) is 66.7 Å². The van der Waals surface area contributed by atoms with Crippen molar-refractivity contribution in [2.75, 3.05) is 32.7 Å². The van der Waals surface area contributed by atoms with Gasteiger partial charge < -0.3 is 21.8 Å². The first-order chi connectivity index (χ1) is 21.6. The molecule has 3 aromatic carbocycles. The number of carbonyl (C=O) groups excluding carboxylic acids is 1. The van der Waals surface area contributed by atoms with Crippen molar-refractivity contribution in [3.8, 4) is 0 Å². The lowest BCUT2D eigenvalue weighted by molar-refractivity contribution is -0.944. The van der Waals surface area contributed by atoms with E-state index < -0.39 is 53.0 Å². The molecule has 4 heterocycles. The van der Waals surface area contributed by atoms with Crippen LogP contribution in [-0.2, 0) is 34.5 Å². The van der Waals surface area contributed by atoms with Gasteiger partial charge in [0.25, 0.3) is 0 Å². The van der Waals surface area contributed by atoms with E-state index in [-0.39, 0.29) is 42.4 Å². The number of amides is 1. The number of fused-ring (bicyclic) bond motifs is 3. The summed E-state index contributed by atoms with van der Waals surface area (Å²) in [6.07, 6.45) is -6.24. The van der Waals surface area contributed by atoms with E-state index in [0.29, 0.717) is 37.1 Å². The molecule has 1 amide bonds. The average Bonchev–Trinajstić information content (AvgIpc) is 3.03. The summed E-state index contributed by atoms with van der Waals surface area (Å²) in [5.74, 6) is -2.50. The highest BCUT2D eigenvalue weighted by molar-refractivity contribution is 5.77. The standard InChI is InChI=1S/C35H35F8N2O.ClH/c36-29-7-6-26(21-30(29)37)33(13-17-45-14-10-32(11-15-45,12-16-45)25-4-2-1-3-5-25)9-8-31(46)44(23-33)22-24-18-27(34(38,39)40)20-28(19-24)35(41,42)43;/h1-7,18-21H,8-17,22-23H2;1H/q+1;/p-1. The Balaban J connectivity index is 0.00000433. The first-order valence-electron chi connectivity index (χ1n) is 15.5. The van der Waals surface area contributed by atoms with Gasteiger partial charge in [0, 0.05) is 56.0 Å². The molecular weight excluding hydrogens is 652 g/mol. The van der Waals surface area contributed by atoms with Crippen LogP contribution in [0.2, 0.25) is 0 Å². The number of hydrogen-bond donors (Lipinski definition) is 0. The maximum atomic E-state index is 14.6. The number of alkyl halides is 6. The van der Waals surface area contributed by atoms with E-state index >= 15 is 0 Å². The number of hydrogen-bond acceptors (Lipinski definition) is 1. The largest absolute Gasteiger partial charge is 1.00 e. The zero-order valence-corrected chi connectivity index (χ0v) is 26.3. The molecule has 0 N–H and O–H groups in total. The molecule has 1 atom stereocenters. The second-order valence-corrected chi connectivity index (χ2v) is 13.5. The Hall–Kier alpha value is -3.18. The van der Waals surface area contributed by atoms with Gasteiger partial charge in [-0.05, 0) is 53.4 Å². The Morgan fingerprint density at radius 2 is 1.32 bits per heavy atom. The first-order valence-corrected chi connectivity index (χ1v) is 15.5. The molecule has 1 unspecified atom stereocenters. The summed E-state index contributed by atoms with van der Waals surface area (Å²) in [6.45, 7) is 3.01. The Morgan fingerprint density at radius 1 is 0.723 bits per heavy atom. The summed E-state index contributed by atoms with van der Waals surface area (Å²) in [5.41, 5.74) is -2.13. The minimum Gasteiger partial charge on any atom is -1.00 e. The summed E-state index contributed by atoms with van der Waals surface area (Å²) in [6, 6.07) is 15.4. The van der Waals surface area contributed by atoms with E-state index in [1.165, 1.54) is 16.5 Å². The van der Waals surface area contributed by atoms with E-state index in [0.717, 1.165) is 55.5 Å². The monoisotopic (exact) mass is 686 g/mol. The number of quaternary nitrogens is 1. The van der Waals surface area contributed by atoms with E-state index in [1.54, 1.807) is 0 Å². The third-order valence-electron chi connectivity index (χ3n) is 10.9. The highest BCUT2D eigenvalue weighted by atomic mass is 35.5. The van der Waals surface area contributed by atoms with Crippen LogP contribution in [0.1, 0.15) is 66.3 Å². The quantitative estimate of drug-likeness (QED) is 0.241. The van der Waals surface area contributed by atoms with Gasteiger partial charge in [0.15, 0.2) is 11.6 Å². The molecule has 254 valence electrons. The second kappa shape index (κ2) is 12.7. The van der Waals surface area contributed by atoms with Crippen LogP contribution in [0.5, 0.6) is 0 Å². The van der Waals surface area contributed by atoms with Crippen molar-refractivity contribution >= 4 is 5.91 Å². The lowest BCUT2D eigenvalue weighted by Gasteiger charge is -2.56. The normalized spacial score (nSPS) is 26.3. The van der Waals surface area contributed by atoms with Crippen LogP contribution < -0.4 is 12.4 Å². The van der Waals surface area contributed by atoms with Crippen molar-refractivity contribution < 1.29 is 56.8 Å². The Kier molecular flexibility index (Phi) is 9.49. The predicted octanol–water partition coefficient (Wildman–Crippen LogP) is 5.41. The number of halogens is 9. The van der Waals surface area contributed by atoms with Gasteiger partial charge in [-0.2, -0.15) is 26.3 Å². The van der Waals surface area contributed by atoms with Crippen molar-refractivity contribution in [1.82, 2.24) is 4.90 Å². The number of carbonyl (C=O) groups is 1. The molecule has 4 aliphatic rings. The highest BCUT2D eigenvalue weighted by Gasteiger charge is 2.51. The van der Waals surface area contributed by atoms with Crippen molar-refractivity contribution in [2.45, 2.75) is 68.3 Å². The molecule has 12 heteroatoms. The third-order valence-corrected chi connectivity index (χ3v) is 10.9. The van der Waals surface area contributed by atoms with Gasteiger partial charge in [-0.15, -0.1) is 0 Å². The van der Waals surface area contributed by atoms with Crippen LogP contribution in [0.3, 0.4) is 0 Å². The van der Waals surface area contributed by atoms with E-state index in [9.17, 15) is 39.9 Å². The van der Waals surface area contributed by atoms with Crippen molar-refractivity contribution in [3.63, 3.8) is 0 Å². The van der Waals surface area contributed by atoms with Crippen LogP contribution >= 0.6 is 0 Å². The van der Waals surface area contributed by atoms with Gasteiger partial charge in [-0.25, -0.2) is 8.78 Å². The van der Waals surface area contributed by atoms with Crippen molar-refractivity contribution in [2.24, 2.45) is 0 Å². The highest BCUT2D eigenvalue weighted by Crippen LogP contribution is 2.48. The minimum absolute atomic E-state index is 0. The number of likely N-dealkylation sites (tertiary alicyclic amines) is 1. The lowest BCUT2D eigenvalue weighted by atomic mass is 9.65. The second-order valence-electron chi connectivity index (χ2n) is 13.5. The fraction of sp³-hybridized carbons (Fsp3) is 0.457. The van der Waals surface area contributed by atoms with Gasteiger partial charge in [0.1, 0.15) is 0 Å². The van der Waals surface area contributed by atoms with Gasteiger partial charge in [-0.1, -0.05) is 36.4 Å². The zero-order chi connectivity index (χ0) is 33.0. The predicted molar refractivity (Wildman–Crippen MR) is 155 cm³/mol. The molecule has 0 spiro atoms.